The van der Waals surface area contributed by atoms with Crippen molar-refractivity contribution in [3.8, 4) is 34.2 Å². The zero-order valence-electron chi connectivity index (χ0n) is 21.3. The first-order valence-corrected chi connectivity index (χ1v) is 12.3. The molecule has 1 heterocycles. The second-order valence-electron chi connectivity index (χ2n) is 10.3. The fraction of sp³-hybridized carbons (Fsp3) is 0.323. The van der Waals surface area contributed by atoms with Gasteiger partial charge in [-0.15, -0.1) is 0 Å². The molecule has 34 heavy (non-hydrogen) atoms. The topological polar surface area (TPSA) is 38.7 Å². The largest absolute Gasteiger partial charge is 0.208 e. The molecule has 4 rings (SSSR count). The van der Waals surface area contributed by atoms with Crippen LogP contribution in [0.2, 0.25) is 0 Å². The first-order valence-electron chi connectivity index (χ1n) is 12.3. The van der Waals surface area contributed by atoms with Gasteiger partial charge < -0.3 is 0 Å². The van der Waals surface area contributed by atoms with Gasteiger partial charge in [0.1, 0.15) is 0 Å². The van der Waals surface area contributed by atoms with Crippen LogP contribution in [0, 0.1) is 0 Å². The molecular weight excluding hydrogens is 414 g/mol. The van der Waals surface area contributed by atoms with Gasteiger partial charge in [-0.25, -0.2) is 15.0 Å². The van der Waals surface area contributed by atoms with E-state index < -0.39 is 0 Å². The van der Waals surface area contributed by atoms with Gasteiger partial charge in [0.15, 0.2) is 17.5 Å². The van der Waals surface area contributed by atoms with Crippen molar-refractivity contribution in [2.75, 3.05) is 0 Å². The van der Waals surface area contributed by atoms with Crippen LogP contribution < -0.4 is 0 Å². The summed E-state index contributed by atoms with van der Waals surface area (Å²) in [5.74, 6) is 2.09. The highest BCUT2D eigenvalue weighted by atomic mass is 15.0. The molecule has 0 aliphatic heterocycles. The van der Waals surface area contributed by atoms with E-state index in [0.717, 1.165) is 29.5 Å². The highest BCUT2D eigenvalue weighted by Gasteiger charge is 2.20. The van der Waals surface area contributed by atoms with Gasteiger partial charge in [0, 0.05) is 16.7 Å². The molecule has 0 radical (unpaired) electrons. The molecule has 0 fully saturated rings. The number of nitrogens with zero attached hydrogens (tertiary/aromatic N) is 3. The molecule has 0 aliphatic carbocycles. The lowest BCUT2D eigenvalue weighted by Gasteiger charge is -2.23. The van der Waals surface area contributed by atoms with Crippen LogP contribution in [0.1, 0.15) is 65.5 Å². The minimum Gasteiger partial charge on any atom is -0.208 e. The predicted molar refractivity (Wildman–Crippen MR) is 143 cm³/mol. The van der Waals surface area contributed by atoms with Crippen molar-refractivity contribution in [1.82, 2.24) is 15.0 Å². The Hall–Kier alpha value is -3.33. The summed E-state index contributed by atoms with van der Waals surface area (Å²) < 4.78 is 0. The standard InChI is InChI=1S/C31H35N3/c1-7-30(3,4)25-18-14-23(15-19-25)28-32-27(22-12-10-9-11-13-22)33-29(34-28)24-16-20-26(21-17-24)31(5,6)8-2/h9-21H,7-8H2,1-6H3. The summed E-state index contributed by atoms with van der Waals surface area (Å²) in [5, 5.41) is 0. The third kappa shape index (κ3) is 4.94. The molecule has 0 saturated heterocycles. The molecule has 0 saturated carbocycles. The molecule has 3 nitrogen and oxygen atoms in total. The van der Waals surface area contributed by atoms with Crippen LogP contribution in [0.5, 0.6) is 0 Å². The van der Waals surface area contributed by atoms with Crippen LogP contribution in [0.3, 0.4) is 0 Å². The molecule has 3 heteroatoms. The van der Waals surface area contributed by atoms with Gasteiger partial charge in [0.25, 0.3) is 0 Å². The molecule has 4 aromatic rings. The predicted octanol–water partition coefficient (Wildman–Crippen LogP) is 8.25. The lowest BCUT2D eigenvalue weighted by molar-refractivity contribution is 0.506. The zero-order valence-corrected chi connectivity index (χ0v) is 21.3. The minimum absolute atomic E-state index is 0.145. The van der Waals surface area contributed by atoms with E-state index in [-0.39, 0.29) is 10.8 Å². The van der Waals surface area contributed by atoms with Crippen molar-refractivity contribution in [2.24, 2.45) is 0 Å². The summed E-state index contributed by atoms with van der Waals surface area (Å²) in [4.78, 5) is 14.6. The second kappa shape index (κ2) is 9.50. The molecule has 0 atom stereocenters. The smallest absolute Gasteiger partial charge is 0.164 e. The Bertz CT molecular complexity index is 1160. The number of hydrogen-bond acceptors (Lipinski definition) is 3. The van der Waals surface area contributed by atoms with Crippen molar-refractivity contribution < 1.29 is 0 Å². The maximum Gasteiger partial charge on any atom is 0.164 e. The first-order chi connectivity index (χ1) is 16.2. The average molecular weight is 450 g/mol. The summed E-state index contributed by atoms with van der Waals surface area (Å²) in [6.45, 7) is 13.6. The van der Waals surface area contributed by atoms with Gasteiger partial charge in [0.05, 0.1) is 0 Å². The Labute approximate surface area is 204 Å². The highest BCUT2D eigenvalue weighted by Crippen LogP contribution is 2.31. The third-order valence-corrected chi connectivity index (χ3v) is 7.28. The summed E-state index contributed by atoms with van der Waals surface area (Å²) in [6.07, 6.45) is 2.18. The van der Waals surface area contributed by atoms with Gasteiger partial charge in [-0.3, -0.25) is 0 Å². The molecular formula is C31H35N3. The van der Waals surface area contributed by atoms with Crippen LogP contribution in [0.4, 0.5) is 0 Å². The van der Waals surface area contributed by atoms with Gasteiger partial charge in [-0.05, 0) is 34.8 Å². The first kappa shape index (κ1) is 23.8. The van der Waals surface area contributed by atoms with E-state index >= 15 is 0 Å². The van der Waals surface area contributed by atoms with Crippen molar-refractivity contribution in [1.29, 1.82) is 0 Å². The van der Waals surface area contributed by atoms with Gasteiger partial charge >= 0.3 is 0 Å². The lowest BCUT2D eigenvalue weighted by Crippen LogP contribution is -2.15. The average Bonchev–Trinajstić information content (AvgIpc) is 2.89. The Balaban J connectivity index is 1.80. The quantitative estimate of drug-likeness (QED) is 0.285. The number of rotatable bonds is 7. The Morgan fingerprint density at radius 3 is 1.12 bits per heavy atom. The molecule has 0 unspecified atom stereocenters. The van der Waals surface area contributed by atoms with E-state index in [1.54, 1.807) is 0 Å². The summed E-state index contributed by atoms with van der Waals surface area (Å²) in [7, 11) is 0. The molecule has 3 aromatic carbocycles. The fourth-order valence-electron chi connectivity index (χ4n) is 3.90. The minimum atomic E-state index is 0.145. The van der Waals surface area contributed by atoms with E-state index in [0.29, 0.717) is 17.5 Å². The molecule has 0 bridgehead atoms. The van der Waals surface area contributed by atoms with Crippen molar-refractivity contribution in [3.05, 3.63) is 90.0 Å². The molecule has 1 aromatic heterocycles. The van der Waals surface area contributed by atoms with Crippen molar-refractivity contribution in [2.45, 2.75) is 65.2 Å². The SMILES string of the molecule is CCC(C)(C)c1ccc(-c2nc(-c3ccccc3)nc(-c3ccc(C(C)(C)CC)cc3)n2)cc1. The maximum atomic E-state index is 4.90. The van der Waals surface area contributed by atoms with Crippen molar-refractivity contribution in [3.63, 3.8) is 0 Å². The number of benzene rings is 3. The van der Waals surface area contributed by atoms with Gasteiger partial charge in [-0.2, -0.15) is 0 Å². The maximum absolute atomic E-state index is 4.90. The fourth-order valence-corrected chi connectivity index (χ4v) is 3.90. The van der Waals surface area contributed by atoms with Crippen molar-refractivity contribution >= 4 is 0 Å². The zero-order chi connectivity index (χ0) is 24.3. The molecule has 0 amide bonds. The Morgan fingerprint density at radius 1 is 0.471 bits per heavy atom. The molecule has 0 N–H and O–H groups in total. The summed E-state index contributed by atoms with van der Waals surface area (Å²) in [6, 6.07) is 27.5. The number of aromatic nitrogens is 3. The van der Waals surface area contributed by atoms with Gasteiger partial charge in [-0.1, -0.05) is 120 Å². The summed E-state index contributed by atoms with van der Waals surface area (Å²) in [5.41, 5.74) is 5.93. The molecule has 0 spiro atoms. The molecule has 174 valence electrons. The normalized spacial score (nSPS) is 12.1. The highest BCUT2D eigenvalue weighted by molar-refractivity contribution is 5.66. The van der Waals surface area contributed by atoms with Gasteiger partial charge in [0.2, 0.25) is 0 Å². The van der Waals surface area contributed by atoms with E-state index in [9.17, 15) is 0 Å². The third-order valence-electron chi connectivity index (χ3n) is 7.28. The van der Waals surface area contributed by atoms with Crippen LogP contribution in [0.15, 0.2) is 78.9 Å². The van der Waals surface area contributed by atoms with E-state index in [1.807, 2.05) is 30.3 Å². The summed E-state index contributed by atoms with van der Waals surface area (Å²) >= 11 is 0. The van der Waals surface area contributed by atoms with Crippen LogP contribution in [-0.4, -0.2) is 15.0 Å². The van der Waals surface area contributed by atoms with Crippen LogP contribution >= 0.6 is 0 Å². The monoisotopic (exact) mass is 449 g/mol. The van der Waals surface area contributed by atoms with Crippen LogP contribution in [0.25, 0.3) is 34.2 Å². The number of hydrogen-bond donors (Lipinski definition) is 0. The van der Waals surface area contributed by atoms with Crippen LogP contribution in [-0.2, 0) is 10.8 Å². The lowest BCUT2D eigenvalue weighted by atomic mass is 9.82. The van der Waals surface area contributed by atoms with E-state index in [4.69, 9.17) is 15.0 Å². The van der Waals surface area contributed by atoms with E-state index in [1.165, 1.54) is 11.1 Å². The van der Waals surface area contributed by atoms with E-state index in [2.05, 4.69) is 90.1 Å². The Kier molecular flexibility index (Phi) is 6.65. The Morgan fingerprint density at radius 2 is 0.794 bits per heavy atom. The molecule has 0 aliphatic rings. The second-order valence-corrected chi connectivity index (χ2v) is 10.3.